The second-order valence-corrected chi connectivity index (χ2v) is 3.18. The molecule has 3 heteroatoms. The highest BCUT2D eigenvalue weighted by atomic mass is 16.5. The summed E-state index contributed by atoms with van der Waals surface area (Å²) in [4.78, 5) is 7.44. The van der Waals surface area contributed by atoms with E-state index in [0.29, 0.717) is 12.6 Å². The molecule has 1 N–H and O–H groups in total. The Bertz CT molecular complexity index is 434. The average molecular weight is 190 g/mol. The van der Waals surface area contributed by atoms with Gasteiger partial charge in [-0.25, -0.2) is 0 Å². The number of rotatable bonds is 3. The van der Waals surface area contributed by atoms with Crippen molar-refractivity contribution in [3.63, 3.8) is 0 Å². The van der Waals surface area contributed by atoms with E-state index in [1.54, 1.807) is 0 Å². The Labute approximate surface area is 83.1 Å². The molecule has 0 aliphatic carbocycles. The van der Waals surface area contributed by atoms with Crippen LogP contribution in [0.1, 0.15) is 19.4 Å². The van der Waals surface area contributed by atoms with Crippen LogP contribution in [0.5, 0.6) is 6.01 Å². The number of aryl methyl sites for hydroxylation is 1. The Morgan fingerprint density at radius 3 is 2.93 bits per heavy atom. The quantitative estimate of drug-likeness (QED) is 0.807. The fourth-order valence-corrected chi connectivity index (χ4v) is 1.46. The molecule has 0 atom stereocenters. The number of fused-ring (bicyclic) bond motifs is 1. The first-order chi connectivity index (χ1) is 6.83. The number of hydrogen-bond acceptors (Lipinski definition) is 2. The van der Waals surface area contributed by atoms with Gasteiger partial charge in [0.05, 0.1) is 17.6 Å². The maximum atomic E-state index is 5.30. The van der Waals surface area contributed by atoms with E-state index in [4.69, 9.17) is 4.74 Å². The molecule has 0 unspecified atom stereocenters. The molecule has 0 aliphatic rings. The molecule has 0 saturated carbocycles. The third-order valence-electron chi connectivity index (χ3n) is 2.21. The van der Waals surface area contributed by atoms with Crippen LogP contribution in [0.3, 0.4) is 0 Å². The van der Waals surface area contributed by atoms with E-state index in [1.807, 2.05) is 13.0 Å². The number of imidazole rings is 1. The molecule has 0 amide bonds. The number of aromatic nitrogens is 2. The Kier molecular flexibility index (Phi) is 2.39. The standard InChI is InChI=1S/C11H14N2O/c1-3-8-5-6-9-10(7-8)13-11(12-9)14-4-2/h5-7H,3-4H2,1-2H3,(H,12,13). The van der Waals surface area contributed by atoms with Crippen molar-refractivity contribution < 1.29 is 4.74 Å². The third-order valence-corrected chi connectivity index (χ3v) is 2.21. The van der Waals surface area contributed by atoms with Crippen LogP contribution in [0.2, 0.25) is 0 Å². The monoisotopic (exact) mass is 190 g/mol. The molecule has 2 rings (SSSR count). The molecule has 14 heavy (non-hydrogen) atoms. The van der Waals surface area contributed by atoms with Gasteiger partial charge in [-0.3, -0.25) is 0 Å². The molecule has 0 radical (unpaired) electrons. The highest BCUT2D eigenvalue weighted by Gasteiger charge is 2.02. The van der Waals surface area contributed by atoms with Gasteiger partial charge < -0.3 is 9.72 Å². The van der Waals surface area contributed by atoms with Gasteiger partial charge in [0.15, 0.2) is 0 Å². The van der Waals surface area contributed by atoms with Crippen LogP contribution in [-0.2, 0) is 6.42 Å². The molecule has 0 saturated heterocycles. The average Bonchev–Trinajstić information content (AvgIpc) is 2.59. The van der Waals surface area contributed by atoms with Crippen LogP contribution in [0, 0.1) is 0 Å². The highest BCUT2D eigenvalue weighted by molar-refractivity contribution is 5.76. The molecular weight excluding hydrogens is 176 g/mol. The summed E-state index contributed by atoms with van der Waals surface area (Å²) in [6.07, 6.45) is 1.04. The van der Waals surface area contributed by atoms with Crippen molar-refractivity contribution in [3.8, 4) is 6.01 Å². The minimum Gasteiger partial charge on any atom is -0.465 e. The van der Waals surface area contributed by atoms with Gasteiger partial charge >= 0.3 is 0 Å². The molecule has 0 bridgehead atoms. The lowest BCUT2D eigenvalue weighted by Crippen LogP contribution is -1.92. The maximum absolute atomic E-state index is 5.30. The summed E-state index contributed by atoms with van der Waals surface area (Å²) in [6.45, 7) is 4.73. The number of aromatic amines is 1. The van der Waals surface area contributed by atoms with Crippen LogP contribution in [0.15, 0.2) is 18.2 Å². The molecular formula is C11H14N2O. The lowest BCUT2D eigenvalue weighted by Gasteiger charge is -1.94. The second-order valence-electron chi connectivity index (χ2n) is 3.18. The van der Waals surface area contributed by atoms with Gasteiger partial charge in [0.2, 0.25) is 0 Å². The van der Waals surface area contributed by atoms with Gasteiger partial charge in [0.25, 0.3) is 6.01 Å². The maximum Gasteiger partial charge on any atom is 0.294 e. The Hall–Kier alpha value is -1.51. The van der Waals surface area contributed by atoms with E-state index in [0.717, 1.165) is 17.5 Å². The molecule has 0 aliphatic heterocycles. The summed E-state index contributed by atoms with van der Waals surface area (Å²) in [7, 11) is 0. The van der Waals surface area contributed by atoms with E-state index in [2.05, 4.69) is 29.0 Å². The van der Waals surface area contributed by atoms with Crippen molar-refractivity contribution in [3.05, 3.63) is 23.8 Å². The number of nitrogens with one attached hydrogen (secondary N) is 1. The molecule has 74 valence electrons. The number of H-pyrrole nitrogens is 1. The van der Waals surface area contributed by atoms with E-state index in [-0.39, 0.29) is 0 Å². The molecule has 0 fully saturated rings. The van der Waals surface area contributed by atoms with Crippen molar-refractivity contribution >= 4 is 11.0 Å². The molecule has 3 nitrogen and oxygen atoms in total. The van der Waals surface area contributed by atoms with E-state index >= 15 is 0 Å². The SMILES string of the molecule is CCOc1nc2ccc(CC)cc2[nH]1. The van der Waals surface area contributed by atoms with Crippen molar-refractivity contribution in [1.29, 1.82) is 0 Å². The van der Waals surface area contributed by atoms with Gasteiger partial charge in [-0.2, -0.15) is 4.98 Å². The lowest BCUT2D eigenvalue weighted by molar-refractivity contribution is 0.317. The number of ether oxygens (including phenoxy) is 1. The predicted molar refractivity (Wildman–Crippen MR) is 56.6 cm³/mol. The first kappa shape index (κ1) is 9.06. The second kappa shape index (κ2) is 3.70. The van der Waals surface area contributed by atoms with Crippen molar-refractivity contribution in [2.75, 3.05) is 6.61 Å². The van der Waals surface area contributed by atoms with Crippen LogP contribution in [0.4, 0.5) is 0 Å². The summed E-state index contributed by atoms with van der Waals surface area (Å²) >= 11 is 0. The van der Waals surface area contributed by atoms with Gasteiger partial charge in [-0.15, -0.1) is 0 Å². The van der Waals surface area contributed by atoms with Gasteiger partial charge in [0, 0.05) is 0 Å². The van der Waals surface area contributed by atoms with E-state index in [1.165, 1.54) is 5.56 Å². The van der Waals surface area contributed by atoms with E-state index in [9.17, 15) is 0 Å². The van der Waals surface area contributed by atoms with Gasteiger partial charge in [0.1, 0.15) is 0 Å². The van der Waals surface area contributed by atoms with Gasteiger partial charge in [-0.05, 0) is 31.0 Å². The van der Waals surface area contributed by atoms with Crippen molar-refractivity contribution in [2.24, 2.45) is 0 Å². The van der Waals surface area contributed by atoms with Crippen molar-refractivity contribution in [1.82, 2.24) is 9.97 Å². The summed E-state index contributed by atoms with van der Waals surface area (Å²) in [5, 5.41) is 0. The molecule has 0 spiro atoms. The Morgan fingerprint density at radius 1 is 1.36 bits per heavy atom. The molecule has 1 aromatic carbocycles. The molecule has 1 heterocycles. The smallest absolute Gasteiger partial charge is 0.294 e. The van der Waals surface area contributed by atoms with Gasteiger partial charge in [-0.1, -0.05) is 13.0 Å². The summed E-state index contributed by atoms with van der Waals surface area (Å²) < 4.78 is 5.30. The van der Waals surface area contributed by atoms with E-state index < -0.39 is 0 Å². The minimum absolute atomic E-state index is 0.607. The zero-order chi connectivity index (χ0) is 9.97. The fraction of sp³-hybridized carbons (Fsp3) is 0.364. The first-order valence-corrected chi connectivity index (χ1v) is 4.95. The third kappa shape index (κ3) is 1.58. The first-order valence-electron chi connectivity index (χ1n) is 4.95. The van der Waals surface area contributed by atoms with Crippen LogP contribution >= 0.6 is 0 Å². The Balaban J connectivity index is 2.43. The normalized spacial score (nSPS) is 10.7. The lowest BCUT2D eigenvalue weighted by atomic mass is 10.1. The highest BCUT2D eigenvalue weighted by Crippen LogP contribution is 2.17. The van der Waals surface area contributed by atoms with Crippen LogP contribution in [0.25, 0.3) is 11.0 Å². The topological polar surface area (TPSA) is 37.9 Å². The van der Waals surface area contributed by atoms with Crippen molar-refractivity contribution in [2.45, 2.75) is 20.3 Å². The minimum atomic E-state index is 0.607. The predicted octanol–water partition coefficient (Wildman–Crippen LogP) is 2.52. The largest absolute Gasteiger partial charge is 0.465 e. The number of nitrogens with zero attached hydrogens (tertiary/aromatic N) is 1. The molecule has 1 aromatic heterocycles. The zero-order valence-corrected chi connectivity index (χ0v) is 8.50. The fourth-order valence-electron chi connectivity index (χ4n) is 1.46. The number of benzene rings is 1. The number of hydrogen-bond donors (Lipinski definition) is 1. The van der Waals surface area contributed by atoms with Crippen LogP contribution in [-0.4, -0.2) is 16.6 Å². The summed E-state index contributed by atoms with van der Waals surface area (Å²) in [6, 6.07) is 6.84. The Morgan fingerprint density at radius 2 is 2.21 bits per heavy atom. The molecule has 2 aromatic rings. The summed E-state index contributed by atoms with van der Waals surface area (Å²) in [5.41, 5.74) is 3.32. The zero-order valence-electron chi connectivity index (χ0n) is 8.50. The summed E-state index contributed by atoms with van der Waals surface area (Å²) in [5.74, 6) is 0. The van der Waals surface area contributed by atoms with Crippen LogP contribution < -0.4 is 4.74 Å².